The first-order valence-corrected chi connectivity index (χ1v) is 3.16. The Hall–Kier alpha value is -0.510. The zero-order valence-corrected chi connectivity index (χ0v) is 4.71. The SMILES string of the molecule is C=NC(=O)P(=O)(O)O. The van der Waals surface area contributed by atoms with Crippen LogP contribution >= 0.6 is 7.60 Å². The molecule has 6 heteroatoms. The van der Waals surface area contributed by atoms with Gasteiger partial charge in [0, 0.05) is 0 Å². The molecule has 0 aromatic heterocycles. The predicted octanol–water partition coefficient (Wildman–Crippen LogP) is -0.0153. The third-order valence-electron chi connectivity index (χ3n) is 0.384. The van der Waals surface area contributed by atoms with E-state index in [0.29, 0.717) is 0 Å². The van der Waals surface area contributed by atoms with Crippen molar-refractivity contribution in [1.82, 2.24) is 0 Å². The number of hydrogen-bond acceptors (Lipinski definition) is 2. The fraction of sp³-hybridized carbons (Fsp3) is 0. The fourth-order valence-corrected chi connectivity index (χ4v) is 0.276. The molecule has 0 heterocycles. The lowest BCUT2D eigenvalue weighted by atomic mass is 11.3. The smallest absolute Gasteiger partial charge is 0.318 e. The normalized spacial score (nSPS) is 10.8. The van der Waals surface area contributed by atoms with E-state index in [-0.39, 0.29) is 0 Å². The van der Waals surface area contributed by atoms with Crippen LogP contribution in [0.5, 0.6) is 0 Å². The standard InChI is InChI=1S/C2H4NO4P/c1-3-2(4)8(5,6)7/h1H2,(H2,5,6,7). The van der Waals surface area contributed by atoms with Crippen molar-refractivity contribution >= 4 is 20.0 Å². The number of carbonyl (C=O) groups is 1. The first-order chi connectivity index (χ1) is 3.48. The fourth-order valence-electron chi connectivity index (χ4n) is 0.0921. The van der Waals surface area contributed by atoms with Crippen LogP contribution in [0.4, 0.5) is 4.79 Å². The molecular weight excluding hydrogens is 133 g/mol. The van der Waals surface area contributed by atoms with Gasteiger partial charge in [0.2, 0.25) is 0 Å². The molecule has 1 amide bonds. The molecule has 0 aromatic carbocycles. The highest BCUT2D eigenvalue weighted by Crippen LogP contribution is 2.36. The maximum atomic E-state index is 9.84. The molecular formula is C2H4NO4P. The van der Waals surface area contributed by atoms with E-state index in [2.05, 4.69) is 11.7 Å². The number of hydrogen-bond donors (Lipinski definition) is 2. The second kappa shape index (κ2) is 2.17. The van der Waals surface area contributed by atoms with Crippen molar-refractivity contribution < 1.29 is 19.1 Å². The minimum Gasteiger partial charge on any atom is -0.318 e. The molecule has 0 aliphatic rings. The Morgan fingerprint density at radius 1 is 1.62 bits per heavy atom. The van der Waals surface area contributed by atoms with Crippen molar-refractivity contribution in [3.05, 3.63) is 0 Å². The molecule has 0 bridgehead atoms. The highest BCUT2D eigenvalue weighted by atomic mass is 31.2. The first kappa shape index (κ1) is 7.49. The highest BCUT2D eigenvalue weighted by Gasteiger charge is 2.23. The van der Waals surface area contributed by atoms with Gasteiger partial charge in [-0.15, -0.1) is 0 Å². The molecule has 2 N–H and O–H groups in total. The molecule has 5 nitrogen and oxygen atoms in total. The summed E-state index contributed by atoms with van der Waals surface area (Å²) in [7, 11) is -4.62. The maximum absolute atomic E-state index is 9.84. The zero-order valence-electron chi connectivity index (χ0n) is 3.81. The molecule has 0 unspecified atom stereocenters. The van der Waals surface area contributed by atoms with Crippen LogP contribution in [-0.2, 0) is 4.57 Å². The van der Waals surface area contributed by atoms with E-state index in [4.69, 9.17) is 9.79 Å². The van der Waals surface area contributed by atoms with E-state index < -0.39 is 13.2 Å². The molecule has 8 heavy (non-hydrogen) atoms. The van der Waals surface area contributed by atoms with Crippen molar-refractivity contribution in [2.75, 3.05) is 0 Å². The molecule has 46 valence electrons. The Morgan fingerprint density at radius 3 is 2.00 bits per heavy atom. The van der Waals surface area contributed by atoms with Gasteiger partial charge < -0.3 is 9.79 Å². The lowest BCUT2D eigenvalue weighted by Gasteiger charge is -1.92. The number of nitrogens with zero attached hydrogens (tertiary/aromatic N) is 1. The number of carbonyl (C=O) groups excluding carboxylic acids is 1. The average Bonchev–Trinajstić information content (AvgIpc) is 1.62. The van der Waals surface area contributed by atoms with Crippen molar-refractivity contribution in [2.24, 2.45) is 4.99 Å². The monoisotopic (exact) mass is 137 g/mol. The summed E-state index contributed by atoms with van der Waals surface area (Å²) in [6.07, 6.45) is 0. The zero-order chi connectivity index (χ0) is 6.78. The van der Waals surface area contributed by atoms with Crippen LogP contribution < -0.4 is 0 Å². The van der Waals surface area contributed by atoms with Gasteiger partial charge in [-0.25, -0.2) is 9.56 Å². The van der Waals surface area contributed by atoms with Crippen molar-refractivity contribution in [1.29, 1.82) is 0 Å². The first-order valence-electron chi connectivity index (χ1n) is 1.55. The third kappa shape index (κ3) is 1.97. The molecule has 0 fully saturated rings. The summed E-state index contributed by atoms with van der Waals surface area (Å²) >= 11 is 0. The van der Waals surface area contributed by atoms with E-state index in [1.807, 2.05) is 0 Å². The second-order valence-corrected chi connectivity index (χ2v) is 2.46. The van der Waals surface area contributed by atoms with E-state index in [0.717, 1.165) is 0 Å². The molecule has 0 aromatic rings. The van der Waals surface area contributed by atoms with Crippen molar-refractivity contribution in [2.45, 2.75) is 0 Å². The van der Waals surface area contributed by atoms with E-state index in [1.165, 1.54) is 0 Å². The Bertz CT molecular complexity index is 157. The Labute approximate surface area is 45.2 Å². The number of aliphatic imine (C=N–C) groups is 1. The van der Waals surface area contributed by atoms with Gasteiger partial charge in [-0.3, -0.25) is 4.79 Å². The van der Waals surface area contributed by atoms with Crippen LogP contribution in [0.2, 0.25) is 0 Å². The van der Waals surface area contributed by atoms with Crippen LogP contribution in [-0.4, -0.2) is 22.2 Å². The van der Waals surface area contributed by atoms with E-state index >= 15 is 0 Å². The number of rotatable bonds is 1. The van der Waals surface area contributed by atoms with Gasteiger partial charge in [0.25, 0.3) is 0 Å². The summed E-state index contributed by atoms with van der Waals surface area (Å²) in [6.45, 7) is 2.64. The van der Waals surface area contributed by atoms with E-state index in [1.54, 1.807) is 0 Å². The van der Waals surface area contributed by atoms with Gasteiger partial charge in [-0.05, 0) is 6.72 Å². The average molecular weight is 137 g/mol. The number of amides is 1. The molecule has 0 radical (unpaired) electrons. The lowest BCUT2D eigenvalue weighted by molar-refractivity contribution is 0.256. The molecule has 0 atom stereocenters. The molecule has 0 aliphatic heterocycles. The van der Waals surface area contributed by atoms with Gasteiger partial charge in [0.15, 0.2) is 0 Å². The van der Waals surface area contributed by atoms with E-state index in [9.17, 15) is 9.36 Å². The van der Waals surface area contributed by atoms with Gasteiger partial charge in [-0.2, -0.15) is 0 Å². The quantitative estimate of drug-likeness (QED) is 0.392. The summed E-state index contributed by atoms with van der Waals surface area (Å²) in [5.74, 6) is 0. The lowest BCUT2D eigenvalue weighted by Crippen LogP contribution is -1.88. The van der Waals surface area contributed by atoms with Crippen molar-refractivity contribution in [3.8, 4) is 0 Å². The van der Waals surface area contributed by atoms with Gasteiger partial charge in [-0.1, -0.05) is 0 Å². The van der Waals surface area contributed by atoms with Crippen LogP contribution in [0.3, 0.4) is 0 Å². The molecule has 0 saturated heterocycles. The van der Waals surface area contributed by atoms with Gasteiger partial charge >= 0.3 is 13.2 Å². The molecule has 0 saturated carbocycles. The largest absolute Gasteiger partial charge is 0.415 e. The van der Waals surface area contributed by atoms with Crippen LogP contribution in [0.1, 0.15) is 0 Å². The van der Waals surface area contributed by atoms with Crippen LogP contribution in [0.15, 0.2) is 4.99 Å². The topological polar surface area (TPSA) is 87.0 Å². The minimum atomic E-state index is -4.62. The summed E-state index contributed by atoms with van der Waals surface area (Å²) < 4.78 is 9.77. The van der Waals surface area contributed by atoms with Crippen molar-refractivity contribution in [3.63, 3.8) is 0 Å². The summed E-state index contributed by atoms with van der Waals surface area (Å²) in [5, 5.41) is 0. The summed E-state index contributed by atoms with van der Waals surface area (Å²) in [6, 6.07) is 0. The Kier molecular flexibility index (Phi) is 2.03. The Balaban J connectivity index is 4.26. The molecule has 0 spiro atoms. The minimum absolute atomic E-state index is 1.49. The van der Waals surface area contributed by atoms with Gasteiger partial charge in [0.1, 0.15) is 0 Å². The summed E-state index contributed by atoms with van der Waals surface area (Å²) in [4.78, 5) is 28.2. The molecule has 0 rings (SSSR count). The second-order valence-electron chi connectivity index (χ2n) is 0.985. The maximum Gasteiger partial charge on any atom is 0.415 e. The summed E-state index contributed by atoms with van der Waals surface area (Å²) in [5.41, 5.74) is -1.49. The Morgan fingerprint density at radius 2 is 2.00 bits per heavy atom. The molecule has 0 aliphatic carbocycles. The van der Waals surface area contributed by atoms with Crippen LogP contribution in [0, 0.1) is 0 Å². The predicted molar refractivity (Wildman–Crippen MR) is 27.0 cm³/mol. The van der Waals surface area contributed by atoms with Gasteiger partial charge in [0.05, 0.1) is 0 Å². The van der Waals surface area contributed by atoms with Crippen LogP contribution in [0.25, 0.3) is 0 Å². The third-order valence-corrected chi connectivity index (χ3v) is 1.02. The highest BCUT2D eigenvalue weighted by molar-refractivity contribution is 7.70.